The molecule has 0 radical (unpaired) electrons. The Balaban J connectivity index is 1.84. The number of amides is 1. The number of fused-ring (bicyclic) bond motifs is 1. The van der Waals surface area contributed by atoms with E-state index < -0.39 is 0 Å². The summed E-state index contributed by atoms with van der Waals surface area (Å²) in [5, 5.41) is 0. The number of anilines is 1. The number of carbonyl (C=O) groups excluding carboxylic acids is 1. The third-order valence-electron chi connectivity index (χ3n) is 5.69. The fourth-order valence-corrected chi connectivity index (χ4v) is 4.47. The molecular formula is C21H27N3O. The first-order chi connectivity index (χ1) is 12.3. The first-order valence-electron chi connectivity index (χ1n) is 9.67. The summed E-state index contributed by atoms with van der Waals surface area (Å²) < 4.78 is 2.13. The zero-order chi connectivity index (χ0) is 17.2. The Hall–Kier alpha value is -2.10. The van der Waals surface area contributed by atoms with Crippen molar-refractivity contribution in [3.63, 3.8) is 0 Å². The minimum atomic E-state index is 0.144. The van der Waals surface area contributed by atoms with Crippen LogP contribution in [0.15, 0.2) is 36.5 Å². The van der Waals surface area contributed by atoms with Gasteiger partial charge in [-0.2, -0.15) is 0 Å². The van der Waals surface area contributed by atoms with E-state index in [2.05, 4.69) is 27.6 Å². The van der Waals surface area contributed by atoms with Gasteiger partial charge in [0.25, 0.3) is 0 Å². The molecule has 4 heteroatoms. The molecule has 4 rings (SSSR count). The van der Waals surface area contributed by atoms with Crippen LogP contribution in [0, 0.1) is 0 Å². The number of allylic oxidation sites excluding steroid dienone is 2. The van der Waals surface area contributed by atoms with Gasteiger partial charge in [-0.3, -0.25) is 14.1 Å². The highest BCUT2D eigenvalue weighted by Gasteiger charge is 2.32. The minimum absolute atomic E-state index is 0.144. The Morgan fingerprint density at radius 3 is 2.72 bits per heavy atom. The van der Waals surface area contributed by atoms with E-state index in [1.165, 1.54) is 19.3 Å². The standard InChI is InChI=1S/C21H27N3O/c1-16(25)24(18-12-6-3-7-13-18)21-20(17-10-4-2-5-11-17)22-19-14-8-9-15-23(19)21/h2,4,8-9,14-15,17-18H,3,5-7,10-13H2,1H3. The fourth-order valence-electron chi connectivity index (χ4n) is 4.47. The van der Waals surface area contributed by atoms with Gasteiger partial charge >= 0.3 is 0 Å². The topological polar surface area (TPSA) is 37.6 Å². The molecule has 2 heterocycles. The largest absolute Gasteiger partial charge is 0.293 e. The van der Waals surface area contributed by atoms with E-state index in [0.717, 1.165) is 49.3 Å². The van der Waals surface area contributed by atoms with Crippen molar-refractivity contribution in [1.29, 1.82) is 0 Å². The summed E-state index contributed by atoms with van der Waals surface area (Å²) in [5.41, 5.74) is 2.06. The molecule has 0 spiro atoms. The fraction of sp³-hybridized carbons (Fsp3) is 0.524. The maximum Gasteiger partial charge on any atom is 0.225 e. The van der Waals surface area contributed by atoms with E-state index in [0.29, 0.717) is 12.0 Å². The molecule has 0 aliphatic heterocycles. The number of aromatic nitrogens is 2. The molecule has 1 atom stereocenters. The lowest BCUT2D eigenvalue weighted by atomic mass is 9.90. The summed E-state index contributed by atoms with van der Waals surface area (Å²) in [7, 11) is 0. The van der Waals surface area contributed by atoms with Gasteiger partial charge in [0.1, 0.15) is 11.5 Å². The van der Waals surface area contributed by atoms with Crippen LogP contribution in [0.3, 0.4) is 0 Å². The zero-order valence-electron chi connectivity index (χ0n) is 15.0. The number of imidazole rings is 1. The van der Waals surface area contributed by atoms with E-state index >= 15 is 0 Å². The van der Waals surface area contributed by atoms with Gasteiger partial charge in [-0.25, -0.2) is 4.98 Å². The predicted octanol–water partition coefficient (Wildman–Crippen LogP) is 4.84. The normalized spacial score (nSPS) is 21.6. The van der Waals surface area contributed by atoms with Gasteiger partial charge in [-0.1, -0.05) is 37.5 Å². The van der Waals surface area contributed by atoms with E-state index in [1.54, 1.807) is 6.92 Å². The smallest absolute Gasteiger partial charge is 0.225 e. The van der Waals surface area contributed by atoms with E-state index in [4.69, 9.17) is 4.98 Å². The molecule has 1 saturated carbocycles. The number of hydrogen-bond acceptors (Lipinski definition) is 2. The van der Waals surface area contributed by atoms with Crippen molar-refractivity contribution in [2.24, 2.45) is 0 Å². The number of nitrogens with zero attached hydrogens (tertiary/aromatic N) is 3. The van der Waals surface area contributed by atoms with Crippen LogP contribution in [0.4, 0.5) is 5.82 Å². The molecule has 2 aliphatic carbocycles. The molecule has 0 bridgehead atoms. The van der Waals surface area contributed by atoms with Crippen molar-refractivity contribution >= 4 is 17.4 Å². The lowest BCUT2D eigenvalue weighted by Crippen LogP contribution is -2.41. The van der Waals surface area contributed by atoms with Crippen molar-refractivity contribution in [1.82, 2.24) is 9.38 Å². The second kappa shape index (κ2) is 7.03. The molecule has 4 nitrogen and oxygen atoms in total. The van der Waals surface area contributed by atoms with Crippen molar-refractivity contribution in [3.05, 3.63) is 42.2 Å². The summed E-state index contributed by atoms with van der Waals surface area (Å²) >= 11 is 0. The summed E-state index contributed by atoms with van der Waals surface area (Å²) in [5.74, 6) is 1.57. The molecule has 2 aromatic rings. The lowest BCUT2D eigenvalue weighted by molar-refractivity contribution is -0.117. The number of rotatable bonds is 3. The predicted molar refractivity (Wildman–Crippen MR) is 101 cm³/mol. The number of hydrogen-bond donors (Lipinski definition) is 0. The second-order valence-corrected chi connectivity index (χ2v) is 7.41. The molecule has 1 fully saturated rings. The van der Waals surface area contributed by atoms with Gasteiger partial charge in [0.05, 0.1) is 5.69 Å². The third-order valence-corrected chi connectivity index (χ3v) is 5.69. The van der Waals surface area contributed by atoms with Crippen LogP contribution in [-0.2, 0) is 4.79 Å². The SMILES string of the molecule is CC(=O)N(c1c(C2CC=CCC2)nc2ccccn12)C1CCCCC1. The van der Waals surface area contributed by atoms with Gasteiger partial charge in [-0.15, -0.1) is 0 Å². The van der Waals surface area contributed by atoms with Gasteiger partial charge in [0, 0.05) is 25.1 Å². The number of carbonyl (C=O) groups is 1. The molecule has 0 saturated heterocycles. The molecule has 0 N–H and O–H groups in total. The summed E-state index contributed by atoms with van der Waals surface area (Å²) in [6.45, 7) is 1.71. The molecule has 0 aromatic carbocycles. The quantitative estimate of drug-likeness (QED) is 0.751. The van der Waals surface area contributed by atoms with Crippen molar-refractivity contribution in [3.8, 4) is 0 Å². The van der Waals surface area contributed by atoms with Crippen molar-refractivity contribution in [2.45, 2.75) is 70.3 Å². The maximum absolute atomic E-state index is 12.7. The molecule has 2 aliphatic rings. The maximum atomic E-state index is 12.7. The van der Waals surface area contributed by atoms with E-state index in [9.17, 15) is 4.79 Å². The van der Waals surface area contributed by atoms with Crippen LogP contribution in [0.5, 0.6) is 0 Å². The highest BCUT2D eigenvalue weighted by Crippen LogP contribution is 2.38. The Labute approximate surface area is 149 Å². The zero-order valence-corrected chi connectivity index (χ0v) is 15.0. The molecule has 132 valence electrons. The first kappa shape index (κ1) is 16.4. The third kappa shape index (κ3) is 3.10. The van der Waals surface area contributed by atoms with Crippen LogP contribution < -0.4 is 4.90 Å². The lowest BCUT2D eigenvalue weighted by Gasteiger charge is -2.34. The van der Waals surface area contributed by atoms with Crippen LogP contribution in [0.25, 0.3) is 5.65 Å². The molecule has 1 unspecified atom stereocenters. The van der Waals surface area contributed by atoms with E-state index in [1.807, 2.05) is 18.2 Å². The van der Waals surface area contributed by atoms with Crippen LogP contribution in [0.2, 0.25) is 0 Å². The molecule has 2 aromatic heterocycles. The molecule has 25 heavy (non-hydrogen) atoms. The average molecular weight is 337 g/mol. The van der Waals surface area contributed by atoms with Gasteiger partial charge in [-0.05, 0) is 44.2 Å². The summed E-state index contributed by atoms with van der Waals surface area (Å²) in [6, 6.07) is 6.41. The monoisotopic (exact) mass is 337 g/mol. The van der Waals surface area contributed by atoms with Crippen LogP contribution >= 0.6 is 0 Å². The van der Waals surface area contributed by atoms with Gasteiger partial charge < -0.3 is 0 Å². The highest BCUT2D eigenvalue weighted by atomic mass is 16.2. The Morgan fingerprint density at radius 1 is 1.16 bits per heavy atom. The molecular weight excluding hydrogens is 310 g/mol. The number of pyridine rings is 1. The van der Waals surface area contributed by atoms with E-state index in [-0.39, 0.29) is 5.91 Å². The minimum Gasteiger partial charge on any atom is -0.293 e. The Morgan fingerprint density at radius 2 is 2.00 bits per heavy atom. The highest BCUT2D eigenvalue weighted by molar-refractivity contribution is 5.92. The van der Waals surface area contributed by atoms with Gasteiger partial charge in [0.15, 0.2) is 0 Å². The van der Waals surface area contributed by atoms with Gasteiger partial charge in [0.2, 0.25) is 5.91 Å². The summed E-state index contributed by atoms with van der Waals surface area (Å²) in [6.07, 6.45) is 15.7. The Bertz CT molecular complexity index is 786. The van der Waals surface area contributed by atoms with Crippen molar-refractivity contribution < 1.29 is 4.79 Å². The van der Waals surface area contributed by atoms with Crippen LogP contribution in [0.1, 0.15) is 69.9 Å². The second-order valence-electron chi connectivity index (χ2n) is 7.41. The van der Waals surface area contributed by atoms with Crippen molar-refractivity contribution in [2.75, 3.05) is 4.90 Å². The first-order valence-corrected chi connectivity index (χ1v) is 9.67. The average Bonchev–Trinajstić information content (AvgIpc) is 3.03. The Kier molecular flexibility index (Phi) is 4.60. The van der Waals surface area contributed by atoms with Crippen LogP contribution in [-0.4, -0.2) is 21.3 Å². The molecule has 1 amide bonds. The summed E-state index contributed by atoms with van der Waals surface area (Å²) in [4.78, 5) is 19.7.